The number of benzene rings is 2. The van der Waals surface area contributed by atoms with Crippen molar-refractivity contribution in [1.29, 1.82) is 0 Å². The molecule has 6 nitrogen and oxygen atoms in total. The van der Waals surface area contributed by atoms with Gasteiger partial charge in [-0.1, -0.05) is 36.4 Å². The molecule has 0 aliphatic carbocycles. The molecule has 0 saturated carbocycles. The van der Waals surface area contributed by atoms with Crippen molar-refractivity contribution in [2.45, 2.75) is 13.1 Å². The molecule has 0 unspecified atom stereocenters. The first kappa shape index (κ1) is 16.3. The summed E-state index contributed by atoms with van der Waals surface area (Å²) < 4.78 is 1.73. The highest BCUT2D eigenvalue weighted by Crippen LogP contribution is 2.25. The Morgan fingerprint density at radius 3 is 2.73 bits per heavy atom. The van der Waals surface area contributed by atoms with E-state index in [-0.39, 0.29) is 5.91 Å². The van der Waals surface area contributed by atoms with Crippen LogP contribution in [0.1, 0.15) is 21.5 Å². The van der Waals surface area contributed by atoms with Crippen molar-refractivity contribution >= 4 is 11.6 Å². The van der Waals surface area contributed by atoms with E-state index < -0.39 is 0 Å². The predicted octanol–water partition coefficient (Wildman–Crippen LogP) is 2.42. The Balaban J connectivity index is 1.62. The van der Waals surface area contributed by atoms with Gasteiger partial charge in [-0.2, -0.15) is 5.10 Å². The van der Waals surface area contributed by atoms with Crippen LogP contribution >= 0.6 is 0 Å². The molecule has 0 atom stereocenters. The molecule has 1 aromatic heterocycles. The number of rotatable bonds is 3. The van der Waals surface area contributed by atoms with E-state index in [9.17, 15) is 4.79 Å². The molecule has 0 fully saturated rings. The number of hydrogen-bond acceptors (Lipinski definition) is 4. The Kier molecular flexibility index (Phi) is 4.39. The van der Waals surface area contributed by atoms with E-state index in [1.165, 1.54) is 17.6 Å². The normalized spacial score (nSPS) is 14.0. The van der Waals surface area contributed by atoms with Gasteiger partial charge in [0.25, 0.3) is 5.91 Å². The number of aromatic nitrogens is 3. The highest BCUT2D eigenvalue weighted by atomic mass is 16.2. The second kappa shape index (κ2) is 7.00. The van der Waals surface area contributed by atoms with Crippen LogP contribution < -0.4 is 4.90 Å². The van der Waals surface area contributed by atoms with Crippen LogP contribution in [0.5, 0.6) is 0 Å². The first-order chi connectivity index (χ1) is 12.7. The zero-order chi connectivity index (χ0) is 17.9. The fourth-order valence-corrected chi connectivity index (χ4v) is 3.39. The van der Waals surface area contributed by atoms with Crippen molar-refractivity contribution < 1.29 is 4.79 Å². The van der Waals surface area contributed by atoms with Crippen LogP contribution in [-0.2, 0) is 13.1 Å². The number of amides is 1. The van der Waals surface area contributed by atoms with Crippen LogP contribution in [0.15, 0.2) is 61.2 Å². The van der Waals surface area contributed by atoms with Gasteiger partial charge in [0.1, 0.15) is 12.7 Å². The summed E-state index contributed by atoms with van der Waals surface area (Å²) in [6.07, 6.45) is 3.17. The number of nitrogens with zero attached hydrogens (tertiary/aromatic N) is 5. The number of anilines is 1. The number of likely N-dealkylation sites (N-methyl/N-ethyl adjacent to an activating group) is 1. The van der Waals surface area contributed by atoms with Gasteiger partial charge in [0.05, 0.1) is 6.54 Å². The van der Waals surface area contributed by atoms with Gasteiger partial charge < -0.3 is 9.80 Å². The van der Waals surface area contributed by atoms with Crippen LogP contribution in [0.4, 0.5) is 5.69 Å². The first-order valence-corrected chi connectivity index (χ1v) is 8.71. The molecule has 2 aromatic carbocycles. The van der Waals surface area contributed by atoms with Gasteiger partial charge in [0.2, 0.25) is 0 Å². The molecule has 0 radical (unpaired) electrons. The van der Waals surface area contributed by atoms with E-state index >= 15 is 0 Å². The molecule has 1 aliphatic rings. The van der Waals surface area contributed by atoms with Gasteiger partial charge in [0, 0.05) is 37.9 Å². The lowest BCUT2D eigenvalue weighted by molar-refractivity contribution is 0.0750. The van der Waals surface area contributed by atoms with Crippen molar-refractivity contribution in [3.05, 3.63) is 77.9 Å². The maximum atomic E-state index is 13.3. The Bertz CT molecular complexity index is 906. The van der Waals surface area contributed by atoms with Crippen molar-refractivity contribution in [2.75, 3.05) is 25.0 Å². The summed E-state index contributed by atoms with van der Waals surface area (Å²) in [5, 5.41) is 4.15. The zero-order valence-electron chi connectivity index (χ0n) is 14.7. The summed E-state index contributed by atoms with van der Waals surface area (Å²) in [5.41, 5.74) is 4.05. The van der Waals surface area contributed by atoms with Gasteiger partial charge in [-0.15, -0.1) is 0 Å². The number of fused-ring (bicyclic) bond motifs is 1. The molecule has 132 valence electrons. The molecule has 6 heteroatoms. The summed E-state index contributed by atoms with van der Waals surface area (Å²) >= 11 is 0. The molecule has 3 aromatic rings. The van der Waals surface area contributed by atoms with Gasteiger partial charge in [-0.05, 0) is 23.3 Å². The van der Waals surface area contributed by atoms with Crippen LogP contribution in [0, 0.1) is 0 Å². The van der Waals surface area contributed by atoms with Crippen molar-refractivity contribution in [2.24, 2.45) is 0 Å². The van der Waals surface area contributed by atoms with Crippen molar-refractivity contribution in [3.63, 3.8) is 0 Å². The van der Waals surface area contributed by atoms with Gasteiger partial charge in [0.15, 0.2) is 0 Å². The van der Waals surface area contributed by atoms with Crippen LogP contribution in [0.3, 0.4) is 0 Å². The third-order valence-corrected chi connectivity index (χ3v) is 4.80. The fourth-order valence-electron chi connectivity index (χ4n) is 3.39. The van der Waals surface area contributed by atoms with Crippen LogP contribution in [0.2, 0.25) is 0 Å². The number of para-hydroxylation sites is 1. The second-order valence-corrected chi connectivity index (χ2v) is 6.53. The molecule has 2 heterocycles. The number of hydrogen-bond donors (Lipinski definition) is 0. The molecule has 0 N–H and O–H groups in total. The van der Waals surface area contributed by atoms with E-state index in [1.54, 1.807) is 11.0 Å². The average molecular weight is 347 g/mol. The maximum Gasteiger partial charge on any atom is 0.254 e. The minimum atomic E-state index is 0.0609. The first-order valence-electron chi connectivity index (χ1n) is 8.71. The van der Waals surface area contributed by atoms with E-state index in [0.29, 0.717) is 19.6 Å². The quantitative estimate of drug-likeness (QED) is 0.730. The minimum absolute atomic E-state index is 0.0609. The lowest BCUT2D eigenvalue weighted by atomic mass is 10.1. The van der Waals surface area contributed by atoms with Crippen molar-refractivity contribution in [3.8, 4) is 0 Å². The fraction of sp³-hybridized carbons (Fsp3) is 0.250. The summed E-state index contributed by atoms with van der Waals surface area (Å²) in [6.45, 7) is 2.67. The third-order valence-electron chi connectivity index (χ3n) is 4.80. The average Bonchev–Trinajstić information content (AvgIpc) is 3.12. The molecule has 0 bridgehead atoms. The highest BCUT2D eigenvalue weighted by Gasteiger charge is 2.23. The maximum absolute atomic E-state index is 13.3. The third kappa shape index (κ3) is 3.18. The molecule has 26 heavy (non-hydrogen) atoms. The summed E-state index contributed by atoms with van der Waals surface area (Å²) in [6, 6.07) is 16.0. The molecule has 4 rings (SSSR count). The Morgan fingerprint density at radius 1 is 1.08 bits per heavy atom. The topological polar surface area (TPSA) is 54.3 Å². The number of carbonyl (C=O) groups is 1. The summed E-state index contributed by atoms with van der Waals surface area (Å²) in [7, 11) is 2.07. The van der Waals surface area contributed by atoms with Gasteiger partial charge >= 0.3 is 0 Å². The number of carbonyl (C=O) groups excluding carboxylic acids is 1. The molecule has 1 amide bonds. The summed E-state index contributed by atoms with van der Waals surface area (Å²) in [5.74, 6) is 0.0609. The predicted molar refractivity (Wildman–Crippen MR) is 100 cm³/mol. The van der Waals surface area contributed by atoms with Crippen LogP contribution in [-0.4, -0.2) is 45.7 Å². The smallest absolute Gasteiger partial charge is 0.254 e. The minimum Gasteiger partial charge on any atom is -0.373 e. The molecular weight excluding hydrogens is 326 g/mol. The summed E-state index contributed by atoms with van der Waals surface area (Å²) in [4.78, 5) is 21.4. The Morgan fingerprint density at radius 2 is 1.88 bits per heavy atom. The van der Waals surface area contributed by atoms with E-state index in [0.717, 1.165) is 17.7 Å². The standard InChI is InChI=1S/C20H21N5O/c1-23-10-11-24(12-17-7-3-5-9-19(17)23)20(26)18-8-4-2-6-16(18)13-25-15-21-14-22-25/h2-9,14-15H,10-13H2,1H3. The Labute approximate surface area is 152 Å². The lowest BCUT2D eigenvalue weighted by Crippen LogP contribution is -2.35. The molecular formula is C20H21N5O. The molecule has 1 aliphatic heterocycles. The molecule has 0 spiro atoms. The van der Waals surface area contributed by atoms with E-state index in [2.05, 4.69) is 34.2 Å². The second-order valence-electron chi connectivity index (χ2n) is 6.53. The monoisotopic (exact) mass is 347 g/mol. The largest absolute Gasteiger partial charge is 0.373 e. The molecule has 0 saturated heterocycles. The lowest BCUT2D eigenvalue weighted by Gasteiger charge is -2.22. The van der Waals surface area contributed by atoms with E-state index in [1.807, 2.05) is 41.3 Å². The Hall–Kier alpha value is -3.15. The zero-order valence-corrected chi connectivity index (χ0v) is 14.7. The van der Waals surface area contributed by atoms with Gasteiger partial charge in [-0.3, -0.25) is 4.79 Å². The van der Waals surface area contributed by atoms with Crippen LogP contribution in [0.25, 0.3) is 0 Å². The van der Waals surface area contributed by atoms with E-state index in [4.69, 9.17) is 0 Å². The van der Waals surface area contributed by atoms with Crippen molar-refractivity contribution in [1.82, 2.24) is 19.7 Å². The highest BCUT2D eigenvalue weighted by molar-refractivity contribution is 5.96. The van der Waals surface area contributed by atoms with Gasteiger partial charge in [-0.25, -0.2) is 9.67 Å². The SMILES string of the molecule is CN1CCN(C(=O)c2ccccc2Cn2cncn2)Cc2ccccc21.